The Hall–Kier alpha value is -1.16. The quantitative estimate of drug-likeness (QED) is 0.376. The Morgan fingerprint density at radius 3 is 2.81 bits per heavy atom. The number of likely N-dealkylation sites (N-methyl/N-ethyl adjacent to an activating group) is 1. The number of carbonyl (C=O) groups is 1. The summed E-state index contributed by atoms with van der Waals surface area (Å²) in [5.41, 5.74) is 0. The van der Waals surface area contributed by atoms with E-state index in [4.69, 9.17) is 4.99 Å². The van der Waals surface area contributed by atoms with E-state index >= 15 is 0 Å². The summed E-state index contributed by atoms with van der Waals surface area (Å²) in [4.78, 5) is 15.7. The van der Waals surface area contributed by atoms with E-state index in [-0.39, 0.29) is 5.91 Å². The molecule has 2 atom stereocenters. The molecule has 0 spiro atoms. The third-order valence-corrected chi connectivity index (χ3v) is 4.40. The summed E-state index contributed by atoms with van der Waals surface area (Å²) in [6.45, 7) is 9.82. The number of rotatable bonds is 10. The largest absolute Gasteiger partial charge is 0.351 e. The lowest BCUT2D eigenvalue weighted by Gasteiger charge is -2.38. The van der Waals surface area contributed by atoms with E-state index in [0.717, 1.165) is 43.5 Å². The molecule has 0 fully saturated rings. The van der Waals surface area contributed by atoms with Gasteiger partial charge < -0.3 is 5.32 Å². The molecular formula is C17H32N3O+. The number of hydrogen-bond donors (Lipinski definition) is 1. The number of nitrogens with zero attached hydrogens (tertiary/aromatic N) is 2. The van der Waals surface area contributed by atoms with Crippen molar-refractivity contribution < 1.29 is 9.28 Å². The molecule has 1 aliphatic heterocycles. The second kappa shape index (κ2) is 9.72. The van der Waals surface area contributed by atoms with E-state index in [0.29, 0.717) is 6.17 Å². The van der Waals surface area contributed by atoms with Crippen molar-refractivity contribution in [2.45, 2.75) is 59.0 Å². The highest BCUT2D eigenvalue weighted by molar-refractivity contribution is 5.72. The standard InChI is InChI=1S/C17H31N3O/c1-4-6-7-8-9-10-11-17-19-13-15-20(17,5-2)14-12-18-16(3)21/h8-9,13,17H,4-7,10-12,14-15H2,1-3H3/p+1/b9-8+. The predicted molar refractivity (Wildman–Crippen MR) is 89.4 cm³/mol. The molecule has 0 aliphatic carbocycles. The number of allylic oxidation sites excluding steroid dienone is 2. The smallest absolute Gasteiger partial charge is 0.217 e. The van der Waals surface area contributed by atoms with Gasteiger partial charge in [-0.2, -0.15) is 0 Å². The zero-order chi connectivity index (χ0) is 15.6. The van der Waals surface area contributed by atoms with E-state index in [9.17, 15) is 4.79 Å². The molecule has 4 heteroatoms. The van der Waals surface area contributed by atoms with Crippen LogP contribution in [0.25, 0.3) is 0 Å². The second-order valence-corrected chi connectivity index (χ2v) is 5.93. The van der Waals surface area contributed by atoms with E-state index < -0.39 is 0 Å². The van der Waals surface area contributed by atoms with E-state index in [1.807, 2.05) is 0 Å². The molecule has 1 heterocycles. The number of carbonyl (C=O) groups excluding carboxylic acids is 1. The Kier molecular flexibility index (Phi) is 8.28. The van der Waals surface area contributed by atoms with Crippen molar-refractivity contribution in [1.29, 1.82) is 0 Å². The maximum absolute atomic E-state index is 11.0. The summed E-state index contributed by atoms with van der Waals surface area (Å²) >= 11 is 0. The molecule has 0 saturated heterocycles. The first-order valence-electron chi connectivity index (χ1n) is 8.41. The highest BCUT2D eigenvalue weighted by Gasteiger charge is 2.37. The van der Waals surface area contributed by atoms with Crippen LogP contribution in [-0.4, -0.2) is 48.9 Å². The molecule has 21 heavy (non-hydrogen) atoms. The number of aliphatic imine (C=N–C) groups is 1. The SMILES string of the molecule is CCCC/C=C/CCC1N=CC[N+]1(CC)CCNC(C)=O. The average Bonchev–Trinajstić information content (AvgIpc) is 2.86. The number of nitrogens with one attached hydrogen (secondary N) is 1. The third-order valence-electron chi connectivity index (χ3n) is 4.40. The summed E-state index contributed by atoms with van der Waals surface area (Å²) < 4.78 is 0.989. The van der Waals surface area contributed by atoms with Crippen molar-refractivity contribution in [1.82, 2.24) is 5.32 Å². The maximum atomic E-state index is 11.0. The van der Waals surface area contributed by atoms with Gasteiger partial charge in [0, 0.05) is 13.3 Å². The van der Waals surface area contributed by atoms with Gasteiger partial charge in [-0.25, -0.2) is 4.99 Å². The van der Waals surface area contributed by atoms with Crippen LogP contribution in [0.1, 0.15) is 52.9 Å². The van der Waals surface area contributed by atoms with Crippen molar-refractivity contribution in [3.63, 3.8) is 0 Å². The van der Waals surface area contributed by atoms with Crippen LogP contribution < -0.4 is 5.32 Å². The molecule has 1 N–H and O–H groups in total. The topological polar surface area (TPSA) is 41.5 Å². The summed E-state index contributed by atoms with van der Waals surface area (Å²) in [6.07, 6.45) is 13.0. The van der Waals surface area contributed by atoms with Crippen LogP contribution >= 0.6 is 0 Å². The van der Waals surface area contributed by atoms with Gasteiger partial charge in [0.15, 0.2) is 6.17 Å². The Labute approximate surface area is 129 Å². The molecule has 0 radical (unpaired) electrons. The van der Waals surface area contributed by atoms with Gasteiger partial charge in [-0.05, 0) is 19.8 Å². The molecule has 0 aromatic rings. The number of amides is 1. The molecule has 0 aromatic carbocycles. The van der Waals surface area contributed by atoms with Crippen LogP contribution in [0.15, 0.2) is 17.1 Å². The van der Waals surface area contributed by atoms with E-state index in [1.165, 1.54) is 19.3 Å². The zero-order valence-electron chi connectivity index (χ0n) is 14.0. The minimum Gasteiger partial charge on any atom is -0.351 e. The first-order valence-corrected chi connectivity index (χ1v) is 8.41. The monoisotopic (exact) mass is 294 g/mol. The summed E-state index contributed by atoms with van der Waals surface area (Å²) in [7, 11) is 0. The molecule has 1 aliphatic rings. The molecule has 120 valence electrons. The minimum atomic E-state index is 0.0553. The van der Waals surface area contributed by atoms with Gasteiger partial charge >= 0.3 is 0 Å². The molecule has 1 rings (SSSR count). The highest BCUT2D eigenvalue weighted by atomic mass is 16.1. The summed E-state index contributed by atoms with van der Waals surface area (Å²) in [5.74, 6) is 0.0553. The molecule has 4 nitrogen and oxygen atoms in total. The van der Waals surface area contributed by atoms with Crippen LogP contribution in [-0.2, 0) is 4.79 Å². The van der Waals surface area contributed by atoms with Crippen molar-refractivity contribution in [2.24, 2.45) is 4.99 Å². The maximum Gasteiger partial charge on any atom is 0.217 e. The molecular weight excluding hydrogens is 262 g/mol. The van der Waals surface area contributed by atoms with Gasteiger partial charge in [0.1, 0.15) is 6.54 Å². The molecule has 0 aromatic heterocycles. The molecule has 0 bridgehead atoms. The van der Waals surface area contributed by atoms with Crippen molar-refractivity contribution in [2.75, 3.05) is 26.2 Å². The Balaban J connectivity index is 2.40. The fourth-order valence-electron chi connectivity index (χ4n) is 2.94. The third kappa shape index (κ3) is 6.00. The lowest BCUT2D eigenvalue weighted by molar-refractivity contribution is -0.935. The van der Waals surface area contributed by atoms with Crippen molar-refractivity contribution in [3.8, 4) is 0 Å². The molecule has 1 amide bonds. The van der Waals surface area contributed by atoms with Crippen molar-refractivity contribution >= 4 is 12.1 Å². The van der Waals surface area contributed by atoms with Gasteiger partial charge in [-0.3, -0.25) is 9.28 Å². The number of hydrogen-bond acceptors (Lipinski definition) is 2. The van der Waals surface area contributed by atoms with Gasteiger partial charge in [0.25, 0.3) is 0 Å². The lowest BCUT2D eigenvalue weighted by atomic mass is 10.1. The van der Waals surface area contributed by atoms with Crippen LogP contribution in [0.5, 0.6) is 0 Å². The van der Waals surface area contributed by atoms with Crippen LogP contribution in [0.4, 0.5) is 0 Å². The predicted octanol–water partition coefficient (Wildman–Crippen LogP) is 2.90. The minimum absolute atomic E-state index is 0.0553. The van der Waals surface area contributed by atoms with Gasteiger partial charge in [0.2, 0.25) is 5.91 Å². The first-order chi connectivity index (χ1) is 10.1. The van der Waals surface area contributed by atoms with E-state index in [1.54, 1.807) is 6.92 Å². The second-order valence-electron chi connectivity index (χ2n) is 5.93. The van der Waals surface area contributed by atoms with Gasteiger partial charge in [0.05, 0.1) is 25.8 Å². The Morgan fingerprint density at radius 1 is 1.38 bits per heavy atom. The Morgan fingerprint density at radius 2 is 2.14 bits per heavy atom. The fraction of sp³-hybridized carbons (Fsp3) is 0.765. The van der Waals surface area contributed by atoms with Crippen LogP contribution in [0.3, 0.4) is 0 Å². The lowest BCUT2D eigenvalue weighted by Crippen LogP contribution is -2.55. The van der Waals surface area contributed by atoms with Gasteiger partial charge in [-0.1, -0.05) is 31.9 Å². The summed E-state index contributed by atoms with van der Waals surface area (Å²) in [5, 5.41) is 2.92. The van der Waals surface area contributed by atoms with Crippen LogP contribution in [0, 0.1) is 0 Å². The van der Waals surface area contributed by atoms with Crippen molar-refractivity contribution in [3.05, 3.63) is 12.2 Å². The Bertz CT molecular complexity index is 365. The van der Waals surface area contributed by atoms with Crippen LogP contribution in [0.2, 0.25) is 0 Å². The van der Waals surface area contributed by atoms with E-state index in [2.05, 4.69) is 37.5 Å². The van der Waals surface area contributed by atoms with Gasteiger partial charge in [-0.15, -0.1) is 0 Å². The first kappa shape index (κ1) is 17.9. The molecule has 2 unspecified atom stereocenters. The average molecular weight is 294 g/mol. The highest BCUT2D eigenvalue weighted by Crippen LogP contribution is 2.23. The fourth-order valence-corrected chi connectivity index (χ4v) is 2.94. The molecule has 0 saturated carbocycles. The zero-order valence-corrected chi connectivity index (χ0v) is 14.0. The summed E-state index contributed by atoms with van der Waals surface area (Å²) in [6, 6.07) is 0. The number of quaternary nitrogens is 1. The normalized spacial score (nSPS) is 24.8. The number of unbranched alkanes of at least 4 members (excludes halogenated alkanes) is 2.